The molecule has 0 aromatic heterocycles. The summed E-state index contributed by atoms with van der Waals surface area (Å²) in [6.07, 6.45) is -0.588. The molecular weight excluding hydrogens is 116 g/mol. The molecule has 0 saturated heterocycles. The summed E-state index contributed by atoms with van der Waals surface area (Å²) in [6, 6.07) is 0. The SMILES string of the molecule is CN(C)C.[CH2]C(O)CN. The minimum Gasteiger partial charge on any atom is -0.392 e. The zero-order chi connectivity index (χ0) is 7.86. The second-order valence-electron chi connectivity index (χ2n) is 2.23. The Morgan fingerprint density at radius 2 is 1.67 bits per heavy atom. The fraction of sp³-hybridized carbons (Fsp3) is 0.833. The van der Waals surface area contributed by atoms with Crippen LogP contribution in [0.25, 0.3) is 0 Å². The van der Waals surface area contributed by atoms with Crippen molar-refractivity contribution in [3.8, 4) is 0 Å². The van der Waals surface area contributed by atoms with E-state index in [4.69, 9.17) is 10.8 Å². The zero-order valence-corrected chi connectivity index (χ0v) is 6.46. The lowest BCUT2D eigenvalue weighted by Crippen LogP contribution is -2.14. The van der Waals surface area contributed by atoms with E-state index in [0.717, 1.165) is 0 Å². The lowest BCUT2D eigenvalue weighted by atomic mass is 10.4. The van der Waals surface area contributed by atoms with Gasteiger partial charge in [0.2, 0.25) is 0 Å². The summed E-state index contributed by atoms with van der Waals surface area (Å²) in [5, 5.41) is 8.12. The highest BCUT2D eigenvalue weighted by Gasteiger charge is 1.82. The normalized spacial score (nSPS) is 12.3. The van der Waals surface area contributed by atoms with Crippen molar-refractivity contribution in [2.45, 2.75) is 6.10 Å². The molecule has 0 rings (SSSR count). The minimum absolute atomic E-state index is 0.250. The van der Waals surface area contributed by atoms with E-state index in [1.165, 1.54) is 0 Å². The Kier molecular flexibility index (Phi) is 10.2. The second-order valence-corrected chi connectivity index (χ2v) is 2.23. The predicted octanol–water partition coefficient (Wildman–Crippen LogP) is -0.682. The highest BCUT2D eigenvalue weighted by atomic mass is 16.3. The highest BCUT2D eigenvalue weighted by Crippen LogP contribution is 1.64. The van der Waals surface area contributed by atoms with Gasteiger partial charge in [-0.3, -0.25) is 0 Å². The summed E-state index contributed by atoms with van der Waals surface area (Å²) in [5.74, 6) is 0. The van der Waals surface area contributed by atoms with Crippen LogP contribution in [0.15, 0.2) is 0 Å². The van der Waals surface area contributed by atoms with Gasteiger partial charge in [0.05, 0.1) is 6.10 Å². The maximum atomic E-state index is 8.12. The van der Waals surface area contributed by atoms with Crippen molar-refractivity contribution in [3.05, 3.63) is 6.92 Å². The first kappa shape index (κ1) is 11.6. The number of nitrogens with two attached hydrogens (primary N) is 1. The molecule has 0 aromatic rings. The molecule has 1 atom stereocenters. The molecule has 0 spiro atoms. The summed E-state index contributed by atoms with van der Waals surface area (Å²) < 4.78 is 0. The Labute approximate surface area is 57.5 Å². The molecule has 0 saturated carbocycles. The molecule has 0 aliphatic rings. The van der Waals surface area contributed by atoms with Gasteiger partial charge in [0.1, 0.15) is 0 Å². The second kappa shape index (κ2) is 7.88. The van der Waals surface area contributed by atoms with Gasteiger partial charge in [0, 0.05) is 6.54 Å². The first-order chi connectivity index (χ1) is 4.00. The lowest BCUT2D eigenvalue weighted by molar-refractivity contribution is 0.229. The standard InChI is InChI=1S/C3H8NO.C3H9N/c1-3(5)2-4;1-4(2)3/h3,5H,1-2,4H2;1-3H3. The van der Waals surface area contributed by atoms with Crippen molar-refractivity contribution in [2.75, 3.05) is 27.7 Å². The zero-order valence-electron chi connectivity index (χ0n) is 6.46. The van der Waals surface area contributed by atoms with Crippen LogP contribution in [0.2, 0.25) is 0 Å². The van der Waals surface area contributed by atoms with Crippen molar-refractivity contribution in [3.63, 3.8) is 0 Å². The summed E-state index contributed by atoms with van der Waals surface area (Å²) in [7, 11) is 6.00. The molecule has 0 fully saturated rings. The fourth-order valence-corrected chi connectivity index (χ4v) is 0. The molecule has 57 valence electrons. The quantitative estimate of drug-likeness (QED) is 0.498. The largest absolute Gasteiger partial charge is 0.392 e. The molecule has 0 bridgehead atoms. The topological polar surface area (TPSA) is 49.5 Å². The number of aliphatic hydroxyl groups excluding tert-OH is 1. The Morgan fingerprint density at radius 1 is 1.56 bits per heavy atom. The van der Waals surface area contributed by atoms with Gasteiger partial charge < -0.3 is 15.7 Å². The summed E-state index contributed by atoms with van der Waals surface area (Å²) >= 11 is 0. The molecule has 0 aliphatic carbocycles. The van der Waals surface area contributed by atoms with Crippen molar-refractivity contribution in [1.29, 1.82) is 0 Å². The first-order valence-electron chi connectivity index (χ1n) is 2.82. The van der Waals surface area contributed by atoms with Gasteiger partial charge in [0.15, 0.2) is 0 Å². The van der Waals surface area contributed by atoms with Crippen LogP contribution < -0.4 is 5.73 Å². The lowest BCUT2D eigenvalue weighted by Gasteiger charge is -1.90. The first-order valence-corrected chi connectivity index (χ1v) is 2.82. The van der Waals surface area contributed by atoms with Gasteiger partial charge >= 0.3 is 0 Å². The molecule has 3 nitrogen and oxygen atoms in total. The molecule has 3 N–H and O–H groups in total. The number of hydrogen-bond acceptors (Lipinski definition) is 3. The van der Waals surface area contributed by atoms with E-state index in [1.807, 2.05) is 26.0 Å². The summed E-state index contributed by atoms with van der Waals surface area (Å²) in [4.78, 5) is 2.00. The summed E-state index contributed by atoms with van der Waals surface area (Å²) in [6.45, 7) is 3.44. The summed E-state index contributed by atoms with van der Waals surface area (Å²) in [5.41, 5.74) is 4.86. The van der Waals surface area contributed by atoms with E-state index < -0.39 is 6.10 Å². The number of nitrogens with zero attached hydrogens (tertiary/aromatic N) is 1. The predicted molar refractivity (Wildman–Crippen MR) is 40.0 cm³/mol. The number of rotatable bonds is 1. The van der Waals surface area contributed by atoms with Crippen LogP contribution in [0.4, 0.5) is 0 Å². The number of hydrogen-bond donors (Lipinski definition) is 2. The van der Waals surface area contributed by atoms with Crippen LogP contribution in [0.3, 0.4) is 0 Å². The molecule has 9 heavy (non-hydrogen) atoms. The van der Waals surface area contributed by atoms with Crippen molar-refractivity contribution < 1.29 is 5.11 Å². The molecule has 1 unspecified atom stereocenters. The van der Waals surface area contributed by atoms with Gasteiger partial charge in [-0.05, 0) is 28.1 Å². The highest BCUT2D eigenvalue weighted by molar-refractivity contribution is 4.53. The average molecular weight is 133 g/mol. The van der Waals surface area contributed by atoms with Crippen LogP contribution in [0, 0.1) is 6.92 Å². The van der Waals surface area contributed by atoms with Crippen molar-refractivity contribution in [2.24, 2.45) is 5.73 Å². The van der Waals surface area contributed by atoms with Crippen LogP contribution in [0.1, 0.15) is 0 Å². The van der Waals surface area contributed by atoms with Gasteiger partial charge in [-0.25, -0.2) is 0 Å². The minimum atomic E-state index is -0.588. The van der Waals surface area contributed by atoms with E-state index in [0.29, 0.717) is 0 Å². The van der Waals surface area contributed by atoms with E-state index in [9.17, 15) is 0 Å². The Morgan fingerprint density at radius 3 is 1.67 bits per heavy atom. The van der Waals surface area contributed by atoms with E-state index in [-0.39, 0.29) is 6.54 Å². The molecule has 0 aromatic carbocycles. The average Bonchev–Trinajstić information content (AvgIpc) is 1.65. The van der Waals surface area contributed by atoms with Gasteiger partial charge in [-0.15, -0.1) is 0 Å². The molecular formula is C6H17N2O. The van der Waals surface area contributed by atoms with Crippen LogP contribution >= 0.6 is 0 Å². The Hall–Kier alpha value is -0.120. The van der Waals surface area contributed by atoms with E-state index in [1.54, 1.807) is 0 Å². The van der Waals surface area contributed by atoms with Gasteiger partial charge in [-0.1, -0.05) is 0 Å². The van der Waals surface area contributed by atoms with Gasteiger partial charge in [0.25, 0.3) is 0 Å². The van der Waals surface area contributed by atoms with Crippen LogP contribution in [0.5, 0.6) is 0 Å². The molecule has 0 heterocycles. The third-order valence-corrected chi connectivity index (χ3v) is 0.272. The monoisotopic (exact) mass is 133 g/mol. The van der Waals surface area contributed by atoms with E-state index >= 15 is 0 Å². The Bertz CT molecular complexity index is 43.6. The van der Waals surface area contributed by atoms with E-state index in [2.05, 4.69) is 6.92 Å². The van der Waals surface area contributed by atoms with Crippen molar-refractivity contribution in [1.82, 2.24) is 4.90 Å². The molecule has 3 heteroatoms. The maximum Gasteiger partial charge on any atom is 0.0663 e. The van der Waals surface area contributed by atoms with Crippen LogP contribution in [-0.2, 0) is 0 Å². The third kappa shape index (κ3) is 77.1. The molecule has 0 aliphatic heterocycles. The van der Waals surface area contributed by atoms with Crippen molar-refractivity contribution >= 4 is 0 Å². The number of aliphatic hydroxyl groups is 1. The third-order valence-electron chi connectivity index (χ3n) is 0.272. The Balaban J connectivity index is 0. The fourth-order valence-electron chi connectivity index (χ4n) is 0. The molecule has 1 radical (unpaired) electrons. The van der Waals surface area contributed by atoms with Gasteiger partial charge in [-0.2, -0.15) is 0 Å². The van der Waals surface area contributed by atoms with Crippen LogP contribution in [-0.4, -0.2) is 43.8 Å². The maximum absolute atomic E-state index is 8.12. The molecule has 0 amide bonds. The smallest absolute Gasteiger partial charge is 0.0663 e.